The summed E-state index contributed by atoms with van der Waals surface area (Å²) in [7, 11) is 0. The molecule has 0 aromatic heterocycles. The summed E-state index contributed by atoms with van der Waals surface area (Å²) < 4.78 is 0. The maximum atomic E-state index is 12.0. The first-order valence-corrected chi connectivity index (χ1v) is 6.36. The zero-order valence-electron chi connectivity index (χ0n) is 10.9. The third-order valence-corrected chi connectivity index (χ3v) is 2.97. The summed E-state index contributed by atoms with van der Waals surface area (Å²) in [6, 6.07) is -1.38. The van der Waals surface area contributed by atoms with Gasteiger partial charge in [-0.3, -0.25) is 0 Å². The van der Waals surface area contributed by atoms with Gasteiger partial charge in [0.25, 0.3) is 0 Å². The molecule has 104 valence electrons. The minimum Gasteiger partial charge on any atom is -0.480 e. The number of urea groups is 1. The van der Waals surface area contributed by atoms with Crippen LogP contribution in [0.5, 0.6) is 0 Å². The van der Waals surface area contributed by atoms with Crippen molar-refractivity contribution in [2.45, 2.75) is 45.2 Å². The second-order valence-electron chi connectivity index (χ2n) is 5.13. The fraction of sp³-hybridized carbons (Fsp3) is 0.833. The maximum Gasteiger partial charge on any atom is 0.328 e. The predicted octanol–water partition coefficient (Wildman–Crippen LogP) is 0.652. The molecule has 0 bridgehead atoms. The molecule has 6 heteroatoms. The van der Waals surface area contributed by atoms with Gasteiger partial charge in [-0.25, -0.2) is 9.59 Å². The van der Waals surface area contributed by atoms with Crippen LogP contribution in [-0.2, 0) is 4.79 Å². The van der Waals surface area contributed by atoms with Crippen LogP contribution in [0.1, 0.15) is 33.1 Å². The molecule has 0 saturated heterocycles. The van der Waals surface area contributed by atoms with Crippen molar-refractivity contribution in [3.05, 3.63) is 0 Å². The van der Waals surface area contributed by atoms with E-state index in [0.717, 1.165) is 19.3 Å². The molecule has 0 heterocycles. The number of carboxylic acids is 1. The van der Waals surface area contributed by atoms with Gasteiger partial charge in [-0.2, -0.15) is 0 Å². The first-order valence-electron chi connectivity index (χ1n) is 6.36. The van der Waals surface area contributed by atoms with Crippen LogP contribution in [0.25, 0.3) is 0 Å². The number of hydrogen-bond donors (Lipinski definition) is 3. The molecular formula is C12H22N2O4. The highest BCUT2D eigenvalue weighted by Crippen LogP contribution is 2.27. The third-order valence-electron chi connectivity index (χ3n) is 2.97. The highest BCUT2D eigenvalue weighted by Gasteiger charge is 2.33. The van der Waals surface area contributed by atoms with E-state index in [0.29, 0.717) is 12.5 Å². The van der Waals surface area contributed by atoms with E-state index in [-0.39, 0.29) is 12.1 Å². The molecule has 0 aliphatic heterocycles. The number of aliphatic hydroxyl groups excluding tert-OH is 1. The van der Waals surface area contributed by atoms with Gasteiger partial charge in [-0.15, -0.1) is 0 Å². The Kier molecular flexibility index (Phi) is 5.40. The number of aliphatic carboxylic acids is 1. The SMILES string of the molecule is CC(C)CCN(C(=O)N[C@H](CO)C(=O)O)C1CC1. The average molecular weight is 258 g/mol. The first-order chi connectivity index (χ1) is 8.45. The number of carbonyl (C=O) groups excluding carboxylic acids is 1. The van der Waals surface area contributed by atoms with Gasteiger partial charge in [0, 0.05) is 12.6 Å². The second kappa shape index (κ2) is 6.58. The van der Waals surface area contributed by atoms with Crippen molar-refractivity contribution in [3.63, 3.8) is 0 Å². The van der Waals surface area contributed by atoms with Crippen LogP contribution < -0.4 is 5.32 Å². The van der Waals surface area contributed by atoms with Crippen LogP contribution in [0.15, 0.2) is 0 Å². The van der Waals surface area contributed by atoms with Crippen LogP contribution >= 0.6 is 0 Å². The number of amides is 2. The lowest BCUT2D eigenvalue weighted by Crippen LogP contribution is -2.50. The standard InChI is InChI=1S/C12H22N2O4/c1-8(2)5-6-14(9-3-4-9)12(18)13-10(7-15)11(16)17/h8-10,15H,3-7H2,1-2H3,(H,13,18)(H,16,17)/t10-/m1/s1. The quantitative estimate of drug-likeness (QED) is 0.625. The van der Waals surface area contributed by atoms with E-state index in [2.05, 4.69) is 19.2 Å². The van der Waals surface area contributed by atoms with Gasteiger partial charge >= 0.3 is 12.0 Å². The molecule has 2 amide bonds. The Labute approximate surface area is 107 Å². The molecule has 1 aliphatic rings. The van der Waals surface area contributed by atoms with Crippen LogP contribution in [-0.4, -0.2) is 52.3 Å². The average Bonchev–Trinajstić information content (AvgIpc) is 3.09. The van der Waals surface area contributed by atoms with Gasteiger partial charge in [0.05, 0.1) is 6.61 Å². The largest absolute Gasteiger partial charge is 0.480 e. The Morgan fingerprint density at radius 2 is 2.00 bits per heavy atom. The van der Waals surface area contributed by atoms with Gasteiger partial charge in [0.15, 0.2) is 6.04 Å². The summed E-state index contributed by atoms with van der Waals surface area (Å²) in [5.41, 5.74) is 0. The predicted molar refractivity (Wildman–Crippen MR) is 66.2 cm³/mol. The molecule has 1 rings (SSSR count). The second-order valence-corrected chi connectivity index (χ2v) is 5.13. The number of nitrogens with zero attached hydrogens (tertiary/aromatic N) is 1. The van der Waals surface area contributed by atoms with Crippen LogP contribution in [0.4, 0.5) is 4.79 Å². The van der Waals surface area contributed by atoms with Crippen molar-refractivity contribution >= 4 is 12.0 Å². The fourth-order valence-electron chi connectivity index (χ4n) is 1.65. The van der Waals surface area contributed by atoms with Gasteiger partial charge in [0.2, 0.25) is 0 Å². The lowest BCUT2D eigenvalue weighted by Gasteiger charge is -2.25. The molecule has 0 aromatic carbocycles. The van der Waals surface area contributed by atoms with E-state index in [9.17, 15) is 9.59 Å². The van der Waals surface area contributed by atoms with E-state index in [1.54, 1.807) is 4.90 Å². The number of aliphatic hydroxyl groups is 1. The molecule has 3 N–H and O–H groups in total. The Morgan fingerprint density at radius 3 is 2.39 bits per heavy atom. The minimum absolute atomic E-state index is 0.233. The number of nitrogens with one attached hydrogen (secondary N) is 1. The van der Waals surface area contributed by atoms with E-state index in [1.807, 2.05) is 0 Å². The summed E-state index contributed by atoms with van der Waals surface area (Å²) in [6.45, 7) is 4.20. The highest BCUT2D eigenvalue weighted by molar-refractivity contribution is 5.83. The topological polar surface area (TPSA) is 89.9 Å². The monoisotopic (exact) mass is 258 g/mol. The van der Waals surface area contributed by atoms with Crippen molar-refractivity contribution < 1.29 is 19.8 Å². The first kappa shape index (κ1) is 14.8. The normalized spacial score (nSPS) is 16.4. The molecule has 18 heavy (non-hydrogen) atoms. The van der Waals surface area contributed by atoms with Gasteiger partial charge < -0.3 is 20.4 Å². The number of hydrogen-bond acceptors (Lipinski definition) is 3. The Bertz CT molecular complexity index is 302. The molecule has 0 spiro atoms. The van der Waals surface area contributed by atoms with E-state index in [1.165, 1.54) is 0 Å². The zero-order valence-corrected chi connectivity index (χ0v) is 10.9. The molecule has 0 unspecified atom stereocenters. The molecule has 1 aliphatic carbocycles. The minimum atomic E-state index is -1.22. The number of rotatable bonds is 7. The molecule has 0 radical (unpaired) electrons. The molecular weight excluding hydrogens is 236 g/mol. The van der Waals surface area contributed by atoms with E-state index >= 15 is 0 Å². The summed E-state index contributed by atoms with van der Waals surface area (Å²) in [5, 5.41) is 20.0. The number of carboxylic acid groups (broad SMARTS) is 1. The van der Waals surface area contributed by atoms with Crippen molar-refractivity contribution in [1.82, 2.24) is 10.2 Å². The van der Waals surface area contributed by atoms with Gasteiger partial charge in [0.1, 0.15) is 0 Å². The smallest absolute Gasteiger partial charge is 0.328 e. The summed E-state index contributed by atoms with van der Waals surface area (Å²) >= 11 is 0. The van der Waals surface area contributed by atoms with Crippen molar-refractivity contribution in [3.8, 4) is 0 Å². The van der Waals surface area contributed by atoms with Crippen molar-refractivity contribution in [2.75, 3.05) is 13.2 Å². The van der Waals surface area contributed by atoms with Crippen LogP contribution in [0, 0.1) is 5.92 Å². The Morgan fingerprint density at radius 1 is 1.39 bits per heavy atom. The molecule has 6 nitrogen and oxygen atoms in total. The van der Waals surface area contributed by atoms with Gasteiger partial charge in [-0.1, -0.05) is 13.8 Å². The summed E-state index contributed by atoms with van der Waals surface area (Å²) in [6.07, 6.45) is 2.84. The zero-order chi connectivity index (χ0) is 13.7. The fourth-order valence-corrected chi connectivity index (χ4v) is 1.65. The lowest BCUT2D eigenvalue weighted by atomic mass is 10.1. The lowest BCUT2D eigenvalue weighted by molar-refractivity contribution is -0.140. The van der Waals surface area contributed by atoms with E-state index < -0.39 is 18.6 Å². The van der Waals surface area contributed by atoms with Crippen molar-refractivity contribution in [2.24, 2.45) is 5.92 Å². The van der Waals surface area contributed by atoms with Crippen molar-refractivity contribution in [1.29, 1.82) is 0 Å². The summed E-state index contributed by atoms with van der Waals surface area (Å²) in [5.74, 6) is -0.724. The molecule has 0 aromatic rings. The molecule has 1 fully saturated rings. The van der Waals surface area contributed by atoms with Gasteiger partial charge in [-0.05, 0) is 25.2 Å². The third kappa shape index (κ3) is 4.52. The maximum absolute atomic E-state index is 12.0. The number of carbonyl (C=O) groups is 2. The van der Waals surface area contributed by atoms with Crippen LogP contribution in [0.2, 0.25) is 0 Å². The summed E-state index contributed by atoms with van der Waals surface area (Å²) in [4.78, 5) is 24.4. The highest BCUT2D eigenvalue weighted by atomic mass is 16.4. The Balaban J connectivity index is 2.51. The van der Waals surface area contributed by atoms with Crippen LogP contribution in [0.3, 0.4) is 0 Å². The molecule has 1 atom stereocenters. The Hall–Kier alpha value is -1.30. The molecule has 1 saturated carbocycles. The van der Waals surface area contributed by atoms with E-state index in [4.69, 9.17) is 10.2 Å².